The molecule has 5 rings (SSSR count). The van der Waals surface area contributed by atoms with E-state index < -0.39 is 36.1 Å². The van der Waals surface area contributed by atoms with Gasteiger partial charge in [-0.2, -0.15) is 18.3 Å². The number of aromatic nitrogens is 6. The summed E-state index contributed by atoms with van der Waals surface area (Å²) in [5, 5.41) is 30.6. The Labute approximate surface area is 256 Å². The van der Waals surface area contributed by atoms with Crippen LogP contribution in [0, 0.1) is 0 Å². The number of benzene rings is 3. The molecule has 0 aliphatic carbocycles. The van der Waals surface area contributed by atoms with E-state index in [1.54, 1.807) is 10.7 Å². The lowest BCUT2D eigenvalue weighted by Gasteiger charge is -2.19. The van der Waals surface area contributed by atoms with E-state index in [2.05, 4.69) is 31.0 Å². The van der Waals surface area contributed by atoms with E-state index in [4.69, 9.17) is 0 Å². The highest BCUT2D eigenvalue weighted by Gasteiger charge is 2.34. The molecule has 2 aromatic heterocycles. The van der Waals surface area contributed by atoms with Gasteiger partial charge in [-0.15, -0.1) is 5.10 Å². The molecule has 0 saturated carbocycles. The lowest BCUT2D eigenvalue weighted by Crippen LogP contribution is -2.38. The normalized spacial score (nSPS) is 12.2. The third-order valence-corrected chi connectivity index (χ3v) is 7.27. The maximum absolute atomic E-state index is 13.5. The molecule has 13 heteroatoms. The standard InChI is InChI=1S/C32H30F3N7O3/c1-2-7-24-18-28(31(45)36-23(17-29(43)44)16-22-8-3-6-11-27(22)32(33,34)35)39-42(24)19-20-12-14-21(15-13-20)25-9-4-5-10-26(25)30-37-40-41-38-30/h3-6,8-15,18,23H,2,7,16-17,19H2,1H3,(H,36,45)(H,43,44)(H,37,38,40,41). The Hall–Kier alpha value is -5.33. The SMILES string of the molecule is CCCc1cc(C(=O)NC(CC(=O)O)Cc2ccccc2C(F)(F)F)nn1Cc1ccc(-c2ccccc2-c2nnn[nH]2)cc1. The first-order chi connectivity index (χ1) is 21.6. The number of nitrogens with one attached hydrogen (secondary N) is 2. The fourth-order valence-corrected chi connectivity index (χ4v) is 5.22. The van der Waals surface area contributed by atoms with Crippen molar-refractivity contribution in [1.82, 2.24) is 35.7 Å². The Balaban J connectivity index is 1.34. The Morgan fingerprint density at radius 3 is 2.38 bits per heavy atom. The van der Waals surface area contributed by atoms with Crippen molar-refractivity contribution in [2.75, 3.05) is 0 Å². The van der Waals surface area contributed by atoms with Crippen LogP contribution in [0.2, 0.25) is 0 Å². The molecule has 1 unspecified atom stereocenters. The molecule has 0 bridgehead atoms. The monoisotopic (exact) mass is 617 g/mol. The third-order valence-electron chi connectivity index (χ3n) is 7.27. The molecule has 1 atom stereocenters. The van der Waals surface area contributed by atoms with E-state index in [0.29, 0.717) is 18.8 Å². The van der Waals surface area contributed by atoms with Crippen molar-refractivity contribution in [2.45, 2.75) is 51.4 Å². The second-order valence-electron chi connectivity index (χ2n) is 10.5. The van der Waals surface area contributed by atoms with E-state index >= 15 is 0 Å². The van der Waals surface area contributed by atoms with Crippen LogP contribution < -0.4 is 5.32 Å². The first-order valence-corrected chi connectivity index (χ1v) is 14.3. The summed E-state index contributed by atoms with van der Waals surface area (Å²) in [6, 6.07) is 21.1. The number of rotatable bonds is 12. The van der Waals surface area contributed by atoms with Crippen LogP contribution in [0.1, 0.15) is 52.6 Å². The summed E-state index contributed by atoms with van der Waals surface area (Å²) in [5.41, 5.74) is 3.57. The average Bonchev–Trinajstić information content (AvgIpc) is 3.68. The van der Waals surface area contributed by atoms with E-state index in [-0.39, 0.29) is 17.7 Å². The molecule has 3 aromatic carbocycles. The largest absolute Gasteiger partial charge is 0.481 e. The van der Waals surface area contributed by atoms with E-state index in [1.165, 1.54) is 18.2 Å². The lowest BCUT2D eigenvalue weighted by molar-refractivity contribution is -0.138. The van der Waals surface area contributed by atoms with Crippen LogP contribution in [0.5, 0.6) is 0 Å². The zero-order valence-electron chi connectivity index (χ0n) is 24.3. The minimum atomic E-state index is -4.61. The molecule has 232 valence electrons. The minimum absolute atomic E-state index is 0.0594. The number of aliphatic carboxylic acids is 1. The number of carbonyl (C=O) groups is 2. The Bertz CT molecular complexity index is 1770. The Morgan fingerprint density at radius 2 is 1.71 bits per heavy atom. The maximum atomic E-state index is 13.5. The van der Waals surface area contributed by atoms with Gasteiger partial charge in [-0.05, 0) is 57.7 Å². The van der Waals surface area contributed by atoms with Crippen molar-refractivity contribution < 1.29 is 27.9 Å². The molecule has 0 aliphatic rings. The van der Waals surface area contributed by atoms with E-state index in [1.807, 2.05) is 55.5 Å². The van der Waals surface area contributed by atoms with Crippen molar-refractivity contribution >= 4 is 11.9 Å². The molecular weight excluding hydrogens is 587 g/mol. The van der Waals surface area contributed by atoms with Gasteiger partial charge in [0.25, 0.3) is 5.91 Å². The lowest BCUT2D eigenvalue weighted by atomic mass is 9.98. The van der Waals surface area contributed by atoms with Crippen LogP contribution >= 0.6 is 0 Å². The molecular formula is C32H30F3N7O3. The molecule has 0 spiro atoms. The highest BCUT2D eigenvalue weighted by Crippen LogP contribution is 2.33. The predicted octanol–water partition coefficient (Wildman–Crippen LogP) is 5.57. The number of carboxylic acid groups (broad SMARTS) is 1. The van der Waals surface area contributed by atoms with E-state index in [0.717, 1.165) is 40.4 Å². The van der Waals surface area contributed by atoms with Crippen molar-refractivity contribution in [3.8, 4) is 22.5 Å². The molecule has 1 amide bonds. The molecule has 0 saturated heterocycles. The number of H-pyrrole nitrogens is 1. The minimum Gasteiger partial charge on any atom is -0.481 e. The highest BCUT2D eigenvalue weighted by molar-refractivity contribution is 5.93. The fourth-order valence-electron chi connectivity index (χ4n) is 5.22. The zero-order chi connectivity index (χ0) is 32.0. The molecule has 45 heavy (non-hydrogen) atoms. The maximum Gasteiger partial charge on any atom is 0.416 e. The third kappa shape index (κ3) is 7.61. The number of amides is 1. The number of halogens is 3. The molecule has 0 radical (unpaired) electrons. The number of hydrogen-bond acceptors (Lipinski definition) is 6. The predicted molar refractivity (Wildman–Crippen MR) is 159 cm³/mol. The summed E-state index contributed by atoms with van der Waals surface area (Å²) in [4.78, 5) is 24.8. The summed E-state index contributed by atoms with van der Waals surface area (Å²) in [5.74, 6) is -1.35. The number of nitrogens with zero attached hydrogens (tertiary/aromatic N) is 5. The number of hydrogen-bond donors (Lipinski definition) is 3. The van der Waals surface area contributed by atoms with Crippen molar-refractivity contribution in [3.63, 3.8) is 0 Å². The summed E-state index contributed by atoms with van der Waals surface area (Å²) in [6.07, 6.45) is -4.05. The van der Waals surface area contributed by atoms with Crippen LogP contribution in [0.3, 0.4) is 0 Å². The number of aromatic amines is 1. The quantitative estimate of drug-likeness (QED) is 0.167. The van der Waals surface area contributed by atoms with Crippen LogP contribution in [0.15, 0.2) is 78.9 Å². The van der Waals surface area contributed by atoms with Crippen LogP contribution in [-0.4, -0.2) is 53.4 Å². The van der Waals surface area contributed by atoms with Crippen LogP contribution in [0.25, 0.3) is 22.5 Å². The van der Waals surface area contributed by atoms with Gasteiger partial charge in [0.05, 0.1) is 18.5 Å². The number of tetrazole rings is 1. The van der Waals surface area contributed by atoms with Crippen molar-refractivity contribution in [2.24, 2.45) is 0 Å². The Kier molecular flexibility index (Phi) is 9.36. The van der Waals surface area contributed by atoms with Gasteiger partial charge < -0.3 is 10.4 Å². The second-order valence-corrected chi connectivity index (χ2v) is 10.5. The summed E-state index contributed by atoms with van der Waals surface area (Å²) < 4.78 is 42.4. The number of carbonyl (C=O) groups excluding carboxylic acids is 1. The van der Waals surface area contributed by atoms with Gasteiger partial charge in [0, 0.05) is 17.3 Å². The van der Waals surface area contributed by atoms with Crippen LogP contribution in [-0.2, 0) is 30.4 Å². The highest BCUT2D eigenvalue weighted by atomic mass is 19.4. The topological polar surface area (TPSA) is 139 Å². The molecule has 10 nitrogen and oxygen atoms in total. The zero-order valence-corrected chi connectivity index (χ0v) is 24.3. The smallest absolute Gasteiger partial charge is 0.416 e. The molecule has 2 heterocycles. The first kappa shape index (κ1) is 31.1. The van der Waals surface area contributed by atoms with Crippen molar-refractivity contribution in [3.05, 3.63) is 107 Å². The Morgan fingerprint density at radius 1 is 1.00 bits per heavy atom. The van der Waals surface area contributed by atoms with Gasteiger partial charge in [0.15, 0.2) is 5.82 Å². The molecule has 3 N–H and O–H groups in total. The number of carboxylic acids is 1. The van der Waals surface area contributed by atoms with Gasteiger partial charge in [-0.25, -0.2) is 5.10 Å². The molecule has 0 fully saturated rings. The van der Waals surface area contributed by atoms with Gasteiger partial charge in [-0.1, -0.05) is 80.1 Å². The second kappa shape index (κ2) is 13.5. The van der Waals surface area contributed by atoms with Gasteiger partial charge in [0.1, 0.15) is 5.69 Å². The van der Waals surface area contributed by atoms with Gasteiger partial charge >= 0.3 is 12.1 Å². The fraction of sp³-hybridized carbons (Fsp3) is 0.250. The van der Waals surface area contributed by atoms with Gasteiger partial charge in [-0.3, -0.25) is 14.3 Å². The number of aryl methyl sites for hydroxylation is 1. The van der Waals surface area contributed by atoms with Crippen molar-refractivity contribution in [1.29, 1.82) is 0 Å². The number of alkyl halides is 3. The average molecular weight is 618 g/mol. The first-order valence-electron chi connectivity index (χ1n) is 14.3. The van der Waals surface area contributed by atoms with Gasteiger partial charge in [0.2, 0.25) is 0 Å². The summed E-state index contributed by atoms with van der Waals surface area (Å²) >= 11 is 0. The summed E-state index contributed by atoms with van der Waals surface area (Å²) in [6.45, 7) is 2.36. The molecule has 5 aromatic rings. The molecule has 0 aliphatic heterocycles. The van der Waals surface area contributed by atoms with E-state index in [9.17, 15) is 27.9 Å². The summed E-state index contributed by atoms with van der Waals surface area (Å²) in [7, 11) is 0. The van der Waals surface area contributed by atoms with Crippen LogP contribution in [0.4, 0.5) is 13.2 Å².